The minimum atomic E-state index is -4.21. The fraction of sp³-hybridized carbons (Fsp3) is 0.333. The molecule has 3 aromatic carbocycles. The SMILES string of the molecule is CCC(C(=O)NC(C)(C)C)N(Cc1ccc(C)cc1)C(=O)CN(c1cccc(Cl)c1)S(=O)(=O)c1ccc(Cl)cc1. The Morgan fingerprint density at radius 2 is 1.55 bits per heavy atom. The minimum absolute atomic E-state index is 0.0349. The van der Waals surface area contributed by atoms with Crippen LogP contribution in [-0.4, -0.2) is 43.3 Å². The highest BCUT2D eigenvalue weighted by Crippen LogP contribution is 2.28. The molecule has 0 saturated carbocycles. The number of rotatable bonds is 10. The first-order chi connectivity index (χ1) is 18.7. The highest BCUT2D eigenvalue weighted by atomic mass is 35.5. The Labute approximate surface area is 247 Å². The number of hydrogen-bond acceptors (Lipinski definition) is 4. The molecule has 0 radical (unpaired) electrons. The molecule has 1 atom stereocenters. The Hall–Kier alpha value is -3.07. The Bertz CT molecular complexity index is 1440. The normalized spacial score (nSPS) is 12.5. The van der Waals surface area contributed by atoms with Gasteiger partial charge in [-0.1, -0.05) is 66.0 Å². The van der Waals surface area contributed by atoms with Gasteiger partial charge in [-0.25, -0.2) is 8.42 Å². The number of benzene rings is 3. The van der Waals surface area contributed by atoms with Crippen LogP contribution in [0.1, 0.15) is 45.2 Å². The fourth-order valence-corrected chi connectivity index (χ4v) is 5.87. The first-order valence-corrected chi connectivity index (χ1v) is 15.1. The second-order valence-electron chi connectivity index (χ2n) is 10.6. The van der Waals surface area contributed by atoms with Gasteiger partial charge in [0.15, 0.2) is 0 Å². The average Bonchev–Trinajstić information content (AvgIpc) is 2.87. The standard InChI is InChI=1S/C30H35Cl2N3O4S/c1-6-27(29(37)33-30(3,4)5)34(19-22-12-10-21(2)11-13-22)28(36)20-35(25-9-7-8-24(32)18-25)40(38,39)26-16-14-23(31)15-17-26/h7-18,27H,6,19-20H2,1-5H3,(H,33,37). The van der Waals surface area contributed by atoms with Crippen LogP contribution in [0, 0.1) is 6.92 Å². The number of halogens is 2. The van der Waals surface area contributed by atoms with Gasteiger partial charge in [-0.15, -0.1) is 0 Å². The van der Waals surface area contributed by atoms with E-state index in [-0.39, 0.29) is 23.0 Å². The maximum Gasteiger partial charge on any atom is 0.264 e. The third-order valence-electron chi connectivity index (χ3n) is 6.13. The van der Waals surface area contributed by atoms with E-state index in [9.17, 15) is 18.0 Å². The lowest BCUT2D eigenvalue weighted by Gasteiger charge is -2.34. The van der Waals surface area contributed by atoms with Crippen molar-refractivity contribution in [1.82, 2.24) is 10.2 Å². The molecule has 0 aliphatic heterocycles. The average molecular weight is 605 g/mol. The van der Waals surface area contributed by atoms with E-state index in [0.717, 1.165) is 15.4 Å². The van der Waals surface area contributed by atoms with Crippen molar-refractivity contribution >= 4 is 50.7 Å². The van der Waals surface area contributed by atoms with E-state index in [1.165, 1.54) is 35.2 Å². The van der Waals surface area contributed by atoms with Gasteiger partial charge in [-0.2, -0.15) is 0 Å². The van der Waals surface area contributed by atoms with Gasteiger partial charge in [-0.05, 0) is 82.1 Å². The molecule has 1 N–H and O–H groups in total. The van der Waals surface area contributed by atoms with Crippen molar-refractivity contribution in [2.24, 2.45) is 0 Å². The molecule has 214 valence electrons. The molecule has 10 heteroatoms. The van der Waals surface area contributed by atoms with E-state index in [0.29, 0.717) is 16.5 Å². The Morgan fingerprint density at radius 3 is 2.10 bits per heavy atom. The predicted octanol–water partition coefficient (Wildman–Crippen LogP) is 6.22. The third-order valence-corrected chi connectivity index (χ3v) is 8.41. The van der Waals surface area contributed by atoms with Crippen LogP contribution in [0.5, 0.6) is 0 Å². The molecule has 0 aliphatic carbocycles. The lowest BCUT2D eigenvalue weighted by molar-refractivity contribution is -0.141. The van der Waals surface area contributed by atoms with Gasteiger partial charge in [0.2, 0.25) is 11.8 Å². The summed E-state index contributed by atoms with van der Waals surface area (Å²) in [5.74, 6) is -0.848. The van der Waals surface area contributed by atoms with Crippen LogP contribution in [0.2, 0.25) is 10.0 Å². The number of aryl methyl sites for hydroxylation is 1. The van der Waals surface area contributed by atoms with Gasteiger partial charge in [-0.3, -0.25) is 13.9 Å². The Kier molecular flexibility index (Phi) is 10.3. The highest BCUT2D eigenvalue weighted by Gasteiger charge is 2.34. The van der Waals surface area contributed by atoms with Gasteiger partial charge < -0.3 is 10.2 Å². The minimum Gasteiger partial charge on any atom is -0.350 e. The molecule has 3 rings (SSSR count). The number of amides is 2. The summed E-state index contributed by atoms with van der Waals surface area (Å²) < 4.78 is 28.7. The summed E-state index contributed by atoms with van der Waals surface area (Å²) >= 11 is 12.2. The molecule has 0 aromatic heterocycles. The van der Waals surface area contributed by atoms with Crippen LogP contribution in [0.15, 0.2) is 77.7 Å². The summed E-state index contributed by atoms with van der Waals surface area (Å²) in [6.45, 7) is 8.95. The number of carbonyl (C=O) groups excluding carboxylic acids is 2. The van der Waals surface area contributed by atoms with Crippen molar-refractivity contribution in [1.29, 1.82) is 0 Å². The van der Waals surface area contributed by atoms with Gasteiger partial charge in [0.1, 0.15) is 12.6 Å². The zero-order valence-electron chi connectivity index (χ0n) is 23.3. The van der Waals surface area contributed by atoms with Crippen LogP contribution < -0.4 is 9.62 Å². The largest absolute Gasteiger partial charge is 0.350 e. The van der Waals surface area contributed by atoms with Crippen LogP contribution >= 0.6 is 23.2 Å². The number of carbonyl (C=O) groups is 2. The van der Waals surface area contributed by atoms with Crippen LogP contribution in [0.3, 0.4) is 0 Å². The van der Waals surface area contributed by atoms with Crippen molar-refractivity contribution in [2.45, 2.75) is 64.1 Å². The quantitative estimate of drug-likeness (QED) is 0.298. The van der Waals surface area contributed by atoms with Crippen molar-refractivity contribution < 1.29 is 18.0 Å². The monoisotopic (exact) mass is 603 g/mol. The maximum atomic E-state index is 14.1. The maximum absolute atomic E-state index is 14.1. The second-order valence-corrected chi connectivity index (χ2v) is 13.4. The first kappa shape index (κ1) is 31.5. The first-order valence-electron chi connectivity index (χ1n) is 12.9. The van der Waals surface area contributed by atoms with Crippen molar-refractivity contribution in [2.75, 3.05) is 10.8 Å². The predicted molar refractivity (Wildman–Crippen MR) is 161 cm³/mol. The molecule has 0 saturated heterocycles. The molecule has 3 aromatic rings. The van der Waals surface area contributed by atoms with Crippen molar-refractivity contribution in [3.05, 3.63) is 94.0 Å². The zero-order valence-corrected chi connectivity index (χ0v) is 25.6. The second kappa shape index (κ2) is 13.1. The van der Waals surface area contributed by atoms with E-state index in [1.54, 1.807) is 18.2 Å². The summed E-state index contributed by atoms with van der Waals surface area (Å²) in [6, 6.07) is 18.8. The topological polar surface area (TPSA) is 86.8 Å². The fourth-order valence-electron chi connectivity index (χ4n) is 4.16. The molecule has 0 bridgehead atoms. The van der Waals surface area contributed by atoms with Crippen molar-refractivity contribution in [3.63, 3.8) is 0 Å². The molecule has 7 nitrogen and oxygen atoms in total. The van der Waals surface area contributed by atoms with Gasteiger partial charge in [0.25, 0.3) is 10.0 Å². The van der Waals surface area contributed by atoms with E-state index in [4.69, 9.17) is 23.2 Å². The van der Waals surface area contributed by atoms with Crippen LogP contribution in [0.25, 0.3) is 0 Å². The molecule has 1 unspecified atom stereocenters. The molecule has 0 spiro atoms. The van der Waals surface area contributed by atoms with Crippen LogP contribution in [-0.2, 0) is 26.2 Å². The lowest BCUT2D eigenvalue weighted by Crippen LogP contribution is -2.55. The summed E-state index contributed by atoms with van der Waals surface area (Å²) in [6.07, 6.45) is 0.334. The lowest BCUT2D eigenvalue weighted by atomic mass is 10.1. The molecule has 0 fully saturated rings. The molecule has 2 amide bonds. The summed E-state index contributed by atoms with van der Waals surface area (Å²) in [4.78, 5) is 28.8. The van der Waals surface area contributed by atoms with Gasteiger partial charge in [0, 0.05) is 22.1 Å². The zero-order chi connectivity index (χ0) is 29.7. The molecule has 0 heterocycles. The Morgan fingerprint density at radius 1 is 0.925 bits per heavy atom. The molecular formula is C30H35Cl2N3O4S. The highest BCUT2D eigenvalue weighted by molar-refractivity contribution is 7.92. The van der Waals surface area contributed by atoms with Crippen molar-refractivity contribution in [3.8, 4) is 0 Å². The summed E-state index contributed by atoms with van der Waals surface area (Å²) in [5, 5.41) is 3.65. The van der Waals surface area contributed by atoms with Crippen LogP contribution in [0.4, 0.5) is 5.69 Å². The van der Waals surface area contributed by atoms with Gasteiger partial charge in [0.05, 0.1) is 10.6 Å². The number of nitrogens with zero attached hydrogens (tertiary/aromatic N) is 2. The van der Waals surface area contributed by atoms with E-state index in [1.807, 2.05) is 58.9 Å². The number of hydrogen-bond donors (Lipinski definition) is 1. The molecule has 40 heavy (non-hydrogen) atoms. The third kappa shape index (κ3) is 8.22. The molecular weight excluding hydrogens is 569 g/mol. The smallest absolute Gasteiger partial charge is 0.264 e. The number of sulfonamides is 1. The summed E-state index contributed by atoms with van der Waals surface area (Å²) in [7, 11) is -4.21. The number of nitrogens with one attached hydrogen (secondary N) is 1. The molecule has 0 aliphatic rings. The number of anilines is 1. The Balaban J connectivity index is 2.07. The summed E-state index contributed by atoms with van der Waals surface area (Å²) in [5.41, 5.74) is 1.57. The van der Waals surface area contributed by atoms with E-state index < -0.39 is 34.1 Å². The van der Waals surface area contributed by atoms with Gasteiger partial charge >= 0.3 is 0 Å². The van der Waals surface area contributed by atoms with E-state index in [2.05, 4.69) is 5.32 Å². The van der Waals surface area contributed by atoms with E-state index >= 15 is 0 Å².